The van der Waals surface area contributed by atoms with Gasteiger partial charge in [0.25, 0.3) is 0 Å². The molecule has 2 aliphatic heterocycles. The average molecular weight is 556 g/mol. The van der Waals surface area contributed by atoms with Crippen LogP contribution >= 0.6 is 0 Å². The van der Waals surface area contributed by atoms with Crippen LogP contribution in [0.25, 0.3) is 5.57 Å². The van der Waals surface area contributed by atoms with Gasteiger partial charge in [0.05, 0.1) is 6.04 Å². The number of ether oxygens (including phenoxy) is 1. The molecule has 12 heteroatoms. The second-order valence-electron chi connectivity index (χ2n) is 9.62. The summed E-state index contributed by atoms with van der Waals surface area (Å²) in [4.78, 5) is 14.1. The molecular formula is C26H29F4N3O4S. The molecule has 0 saturated carbocycles. The molecule has 3 atom stereocenters. The van der Waals surface area contributed by atoms with E-state index in [1.54, 1.807) is 25.4 Å². The van der Waals surface area contributed by atoms with Gasteiger partial charge in [0.1, 0.15) is 5.75 Å². The number of hydrogen-bond donors (Lipinski definition) is 2. The van der Waals surface area contributed by atoms with Crippen molar-refractivity contribution in [2.24, 2.45) is 5.92 Å². The van der Waals surface area contributed by atoms with E-state index in [-0.39, 0.29) is 34.9 Å². The predicted molar refractivity (Wildman–Crippen MR) is 136 cm³/mol. The number of rotatable bonds is 8. The third kappa shape index (κ3) is 5.96. The van der Waals surface area contributed by atoms with E-state index in [2.05, 4.69) is 5.32 Å². The smallest absolute Gasteiger partial charge is 0.404 e. The minimum atomic E-state index is -4.92. The molecule has 7 nitrogen and oxygen atoms in total. The molecule has 0 spiro atoms. The highest BCUT2D eigenvalue weighted by molar-refractivity contribution is 7.92. The first-order valence-electron chi connectivity index (χ1n) is 12.2. The van der Waals surface area contributed by atoms with E-state index in [1.165, 1.54) is 29.2 Å². The summed E-state index contributed by atoms with van der Waals surface area (Å²) in [6.07, 6.45) is -2.02. The van der Waals surface area contributed by atoms with Crippen molar-refractivity contribution in [3.8, 4) is 11.5 Å². The summed E-state index contributed by atoms with van der Waals surface area (Å²) in [5.41, 5.74) is 1.31. The van der Waals surface area contributed by atoms with Gasteiger partial charge in [-0.15, -0.1) is 0 Å². The van der Waals surface area contributed by atoms with Gasteiger partial charge in [0.2, 0.25) is 15.9 Å². The molecule has 2 aromatic carbocycles. The van der Waals surface area contributed by atoms with Gasteiger partial charge in [0, 0.05) is 30.4 Å². The Morgan fingerprint density at radius 1 is 1.21 bits per heavy atom. The van der Waals surface area contributed by atoms with Gasteiger partial charge in [-0.1, -0.05) is 26.0 Å². The molecular weight excluding hydrogens is 526 g/mol. The Bertz CT molecular complexity index is 1360. The Morgan fingerprint density at radius 2 is 1.95 bits per heavy atom. The predicted octanol–water partition coefficient (Wildman–Crippen LogP) is 5.23. The molecule has 38 heavy (non-hydrogen) atoms. The normalized spacial score (nSPS) is 20.7. The zero-order valence-corrected chi connectivity index (χ0v) is 21.9. The molecule has 2 aromatic rings. The lowest BCUT2D eigenvalue weighted by Crippen LogP contribution is -2.46. The molecule has 4 rings (SSSR count). The Balaban J connectivity index is 1.79. The number of hydrogen-bond acceptors (Lipinski definition) is 5. The zero-order chi connectivity index (χ0) is 27.8. The topological polar surface area (TPSA) is 87.7 Å². The van der Waals surface area contributed by atoms with E-state index in [0.717, 1.165) is 0 Å². The highest BCUT2D eigenvalue weighted by Crippen LogP contribution is 2.43. The first-order chi connectivity index (χ1) is 17.8. The minimum Gasteiger partial charge on any atom is -0.454 e. The van der Waals surface area contributed by atoms with Crippen LogP contribution in [0.2, 0.25) is 0 Å². The van der Waals surface area contributed by atoms with Crippen LogP contribution in [0.1, 0.15) is 43.7 Å². The summed E-state index contributed by atoms with van der Waals surface area (Å²) in [6.45, 7) is 4.39. The van der Waals surface area contributed by atoms with Crippen LogP contribution in [0.4, 0.5) is 23.2 Å². The summed E-state index contributed by atoms with van der Waals surface area (Å²) >= 11 is 0. The van der Waals surface area contributed by atoms with Gasteiger partial charge in [-0.05, 0) is 60.7 Å². The summed E-state index contributed by atoms with van der Waals surface area (Å²) in [7, 11) is -3.17. The molecule has 2 N–H and O–H groups in total. The van der Waals surface area contributed by atoms with Crippen molar-refractivity contribution in [1.82, 2.24) is 10.2 Å². The third-order valence-corrected chi connectivity index (χ3v) is 8.10. The second-order valence-corrected chi connectivity index (χ2v) is 11.3. The zero-order valence-electron chi connectivity index (χ0n) is 21.1. The van der Waals surface area contributed by atoms with Crippen LogP contribution in [0.15, 0.2) is 42.6 Å². The molecule has 3 unspecified atom stereocenters. The molecule has 1 fully saturated rings. The highest BCUT2D eigenvalue weighted by atomic mass is 32.2. The number of anilines is 1. The van der Waals surface area contributed by atoms with E-state index >= 15 is 4.39 Å². The van der Waals surface area contributed by atoms with Crippen molar-refractivity contribution in [2.45, 2.75) is 44.8 Å². The van der Waals surface area contributed by atoms with Gasteiger partial charge in [-0.3, -0.25) is 9.52 Å². The maximum absolute atomic E-state index is 15.4. The van der Waals surface area contributed by atoms with Gasteiger partial charge in [-0.2, -0.15) is 13.2 Å². The monoisotopic (exact) mass is 555 g/mol. The van der Waals surface area contributed by atoms with Crippen LogP contribution < -0.4 is 14.8 Å². The van der Waals surface area contributed by atoms with E-state index in [0.29, 0.717) is 36.1 Å². The maximum Gasteiger partial charge on any atom is 0.404 e. The summed E-state index contributed by atoms with van der Waals surface area (Å²) in [5, 5.41) is 3.15. The molecule has 1 amide bonds. The van der Waals surface area contributed by atoms with Crippen molar-refractivity contribution < 1.29 is 35.5 Å². The second kappa shape index (κ2) is 10.6. The van der Waals surface area contributed by atoms with Crippen LogP contribution in [0, 0.1) is 11.7 Å². The van der Waals surface area contributed by atoms with Gasteiger partial charge in [0.15, 0.2) is 17.3 Å². The Hall–Kier alpha value is -3.12. The molecule has 0 radical (unpaired) electrons. The fourth-order valence-corrected chi connectivity index (χ4v) is 5.81. The van der Waals surface area contributed by atoms with Crippen molar-refractivity contribution in [2.75, 3.05) is 24.1 Å². The number of alkyl halides is 3. The summed E-state index contributed by atoms with van der Waals surface area (Å²) < 4.78 is 86.0. The number of sulfonamides is 1. The molecule has 1 saturated heterocycles. The first-order valence-corrected chi connectivity index (χ1v) is 13.8. The van der Waals surface area contributed by atoms with Crippen molar-refractivity contribution in [3.63, 3.8) is 0 Å². The van der Waals surface area contributed by atoms with Gasteiger partial charge < -0.3 is 15.0 Å². The average Bonchev–Trinajstić information content (AvgIpc) is 3.32. The van der Waals surface area contributed by atoms with Crippen molar-refractivity contribution in [3.05, 3.63) is 59.5 Å². The largest absolute Gasteiger partial charge is 0.454 e. The number of likely N-dealkylation sites (N-methyl/N-ethyl adjacent to an activating group) is 1. The fourth-order valence-electron chi connectivity index (χ4n) is 4.82. The molecule has 0 aromatic heterocycles. The lowest BCUT2D eigenvalue weighted by molar-refractivity contribution is -0.130. The Morgan fingerprint density at radius 3 is 2.63 bits per heavy atom. The maximum atomic E-state index is 15.4. The van der Waals surface area contributed by atoms with Crippen LogP contribution in [-0.2, 0) is 14.8 Å². The Kier molecular flexibility index (Phi) is 7.76. The standard InChI is InChI=1S/C26H29F4N3O4S/c1-4-15(2)17-6-5-7-22(23(17)27)37-21-9-8-16(32-38(35,36)14-26(28,29)30)12-19(21)20-13-33(3)25(34)24-18(20)10-11-31-24/h5-9,12-13,15,18,24,31-32H,4,10-11,14H2,1-3H3. The van der Waals surface area contributed by atoms with E-state index in [1.807, 2.05) is 18.6 Å². The minimum absolute atomic E-state index is 0.0450. The summed E-state index contributed by atoms with van der Waals surface area (Å²) in [6, 6.07) is 8.28. The molecule has 2 heterocycles. The van der Waals surface area contributed by atoms with Crippen molar-refractivity contribution >= 4 is 27.2 Å². The van der Waals surface area contributed by atoms with E-state index < -0.39 is 33.8 Å². The molecule has 0 aliphatic carbocycles. The van der Waals surface area contributed by atoms with E-state index in [4.69, 9.17) is 4.74 Å². The molecule has 2 aliphatic rings. The number of benzene rings is 2. The van der Waals surface area contributed by atoms with E-state index in [9.17, 15) is 26.4 Å². The lowest BCUT2D eigenvalue weighted by Gasteiger charge is -2.32. The van der Waals surface area contributed by atoms with Gasteiger partial charge in [-0.25, -0.2) is 12.8 Å². The third-order valence-electron chi connectivity index (χ3n) is 6.84. The number of nitrogens with one attached hydrogen (secondary N) is 2. The Labute approximate surface area is 218 Å². The number of carbonyl (C=O) groups excluding carboxylic acids is 1. The number of amides is 1. The van der Waals surface area contributed by atoms with Crippen LogP contribution in [0.3, 0.4) is 0 Å². The number of fused-ring (bicyclic) bond motifs is 1. The van der Waals surface area contributed by atoms with Gasteiger partial charge >= 0.3 is 6.18 Å². The van der Waals surface area contributed by atoms with Crippen LogP contribution in [-0.4, -0.2) is 50.8 Å². The summed E-state index contributed by atoms with van der Waals surface area (Å²) in [5.74, 6) is -2.95. The lowest BCUT2D eigenvalue weighted by atomic mass is 9.84. The fraction of sp³-hybridized carbons (Fsp3) is 0.423. The van der Waals surface area contributed by atoms with Crippen molar-refractivity contribution in [1.29, 1.82) is 0 Å². The number of halogens is 4. The quantitative estimate of drug-likeness (QED) is 0.436. The number of nitrogens with zero attached hydrogens (tertiary/aromatic N) is 1. The molecule has 0 bridgehead atoms. The first kappa shape index (κ1) is 27.9. The molecule has 206 valence electrons. The van der Waals surface area contributed by atoms with Crippen LogP contribution in [0.5, 0.6) is 11.5 Å². The number of carbonyl (C=O) groups is 1. The SMILES string of the molecule is CCC(C)c1cccc(Oc2ccc(NS(=O)(=O)CC(F)(F)F)cc2C2=CN(C)C(=O)C3NCCC23)c1F. The highest BCUT2D eigenvalue weighted by Gasteiger charge is 2.41.